The van der Waals surface area contributed by atoms with Crippen molar-refractivity contribution in [2.24, 2.45) is 5.92 Å². The van der Waals surface area contributed by atoms with Gasteiger partial charge in [0.05, 0.1) is 6.42 Å². The summed E-state index contributed by atoms with van der Waals surface area (Å²) >= 11 is 0. The number of hydrogen-bond donors (Lipinski definition) is 8. The van der Waals surface area contributed by atoms with E-state index in [1.165, 1.54) is 66.7 Å². The first kappa shape index (κ1) is 44.6. The van der Waals surface area contributed by atoms with Gasteiger partial charge in [0.1, 0.15) is 35.7 Å². The van der Waals surface area contributed by atoms with Gasteiger partial charge in [-0.2, -0.15) is 16.8 Å². The molecule has 1 heterocycles. The van der Waals surface area contributed by atoms with Gasteiger partial charge in [0, 0.05) is 24.9 Å². The Hall–Kier alpha value is -6.10. The zero-order chi connectivity index (χ0) is 42.8. The molecule has 0 spiro atoms. The molecule has 58 heavy (non-hydrogen) atoms. The molecule has 0 unspecified atom stereocenters. The van der Waals surface area contributed by atoms with Crippen LogP contribution in [0, 0.1) is 5.92 Å². The van der Waals surface area contributed by atoms with Gasteiger partial charge in [-0.25, -0.2) is 0 Å². The number of rotatable bonds is 12. The van der Waals surface area contributed by atoms with E-state index in [0.29, 0.717) is 16.7 Å². The Morgan fingerprint density at radius 1 is 0.672 bits per heavy atom. The number of carbonyl (C=O) groups is 6. The van der Waals surface area contributed by atoms with Gasteiger partial charge in [-0.3, -0.25) is 37.9 Å². The van der Waals surface area contributed by atoms with Gasteiger partial charge in [0.25, 0.3) is 5.91 Å². The van der Waals surface area contributed by atoms with Gasteiger partial charge in [0.2, 0.25) is 23.6 Å². The Morgan fingerprint density at radius 2 is 1.14 bits per heavy atom. The molecular weight excluding hydrogens is 807 g/mol. The lowest BCUT2D eigenvalue weighted by atomic mass is 10.00. The summed E-state index contributed by atoms with van der Waals surface area (Å²) in [5.74, 6) is -6.58. The molecule has 312 valence electrons. The standard InChI is InChI=1S/C36H41N5O15S2/c1-20(2)14-27-34(46)40-28(16-21-6-10-25(11-7-21)55-57(49,50)51)33(45)37-19-23-4-3-5-24(15-23)32(44)38-29(35(47)41-30(18-31(42)43)36(48)39-27)17-22-8-12-26(13-9-22)56-58(52,53)54/h3-13,15,20,27-30H,14,16-19H2,1-2H3,(H,37,45)(H,38,44)(H,39,48)(H,40,46)(H,41,47)(H,42,43)(H,49,50,51)(H,52,53,54)/t27-,28-,29-,30-/m0/s1. The molecular formula is C36H41N5O15S2. The molecule has 0 saturated heterocycles. The van der Waals surface area contributed by atoms with Crippen LogP contribution in [0.5, 0.6) is 11.5 Å². The smallest absolute Gasteiger partial charge is 0.446 e. The average molecular weight is 848 g/mol. The van der Waals surface area contributed by atoms with E-state index in [4.69, 9.17) is 9.11 Å². The molecule has 0 saturated carbocycles. The maximum absolute atomic E-state index is 13.8. The monoisotopic (exact) mass is 847 g/mol. The summed E-state index contributed by atoms with van der Waals surface area (Å²) in [7, 11) is -9.65. The van der Waals surface area contributed by atoms with Crippen molar-refractivity contribution in [3.8, 4) is 11.5 Å². The molecule has 1 aliphatic heterocycles. The molecule has 8 N–H and O–H groups in total. The SMILES string of the molecule is CC(C)C[C@@H]1NC(=O)[C@H](CC(=O)O)NC(=O)[C@H](Cc2ccc(OS(=O)(=O)O)cc2)NC(=O)c2cccc(c2)CNC(=O)[C@H](Cc2ccc(OS(=O)(=O)O)cc2)NC1=O. The molecule has 0 fully saturated rings. The average Bonchev–Trinajstić information content (AvgIpc) is 3.12. The number of amides is 5. The summed E-state index contributed by atoms with van der Waals surface area (Å²) in [4.78, 5) is 80.6. The third-order valence-electron chi connectivity index (χ3n) is 8.39. The highest BCUT2D eigenvalue weighted by molar-refractivity contribution is 7.81. The third kappa shape index (κ3) is 14.4. The number of carbonyl (C=O) groups excluding carboxylic acids is 5. The predicted molar refractivity (Wildman–Crippen MR) is 202 cm³/mol. The lowest BCUT2D eigenvalue weighted by Gasteiger charge is -2.27. The molecule has 20 nitrogen and oxygen atoms in total. The lowest BCUT2D eigenvalue weighted by Crippen LogP contribution is -2.59. The first-order valence-corrected chi connectivity index (χ1v) is 20.2. The van der Waals surface area contributed by atoms with E-state index >= 15 is 0 Å². The normalized spacial score (nSPS) is 20.0. The van der Waals surface area contributed by atoms with Crippen LogP contribution in [0.15, 0.2) is 72.8 Å². The lowest BCUT2D eigenvalue weighted by molar-refractivity contribution is -0.141. The zero-order valence-corrected chi connectivity index (χ0v) is 32.5. The minimum absolute atomic E-state index is 0.00405. The maximum Gasteiger partial charge on any atom is 0.446 e. The number of aliphatic carboxylic acids is 1. The van der Waals surface area contributed by atoms with Crippen LogP contribution in [-0.4, -0.2) is 90.7 Å². The van der Waals surface area contributed by atoms with Crippen LogP contribution in [0.3, 0.4) is 0 Å². The molecule has 2 bridgehead atoms. The van der Waals surface area contributed by atoms with Crippen molar-refractivity contribution in [1.29, 1.82) is 0 Å². The molecule has 3 aromatic rings. The van der Waals surface area contributed by atoms with Crippen LogP contribution in [0.1, 0.15) is 53.7 Å². The van der Waals surface area contributed by atoms with E-state index in [0.717, 1.165) is 0 Å². The predicted octanol–water partition coefficient (Wildman–Crippen LogP) is 0.239. The Kier molecular flexibility index (Phi) is 14.9. The summed E-state index contributed by atoms with van der Waals surface area (Å²) in [6.07, 6.45) is -1.37. The molecule has 3 aromatic carbocycles. The van der Waals surface area contributed by atoms with Gasteiger partial charge in [-0.15, -0.1) is 0 Å². The minimum atomic E-state index is -4.84. The van der Waals surface area contributed by atoms with Crippen LogP contribution in [0.2, 0.25) is 0 Å². The summed E-state index contributed by atoms with van der Waals surface area (Å²) in [5, 5.41) is 22.4. The molecule has 0 aliphatic carbocycles. The molecule has 0 radical (unpaired) electrons. The van der Waals surface area contributed by atoms with Crippen LogP contribution in [-0.2, 0) is 64.2 Å². The van der Waals surface area contributed by atoms with Crippen LogP contribution >= 0.6 is 0 Å². The highest BCUT2D eigenvalue weighted by Gasteiger charge is 2.33. The van der Waals surface area contributed by atoms with E-state index < -0.39 is 86.9 Å². The summed E-state index contributed by atoms with van der Waals surface area (Å²) < 4.78 is 71.3. The minimum Gasteiger partial charge on any atom is -0.481 e. The summed E-state index contributed by atoms with van der Waals surface area (Å²) in [6, 6.07) is 10.3. The Labute approximate surface area is 333 Å². The van der Waals surface area contributed by atoms with Gasteiger partial charge in [-0.1, -0.05) is 50.2 Å². The second-order valence-electron chi connectivity index (χ2n) is 13.6. The van der Waals surface area contributed by atoms with Crippen molar-refractivity contribution < 1.29 is 68.2 Å². The first-order chi connectivity index (χ1) is 27.1. The van der Waals surface area contributed by atoms with E-state index in [1.807, 2.05) is 0 Å². The van der Waals surface area contributed by atoms with E-state index in [-0.39, 0.29) is 48.8 Å². The second kappa shape index (κ2) is 19.4. The Balaban J connectivity index is 1.71. The van der Waals surface area contributed by atoms with Gasteiger partial charge in [-0.05, 0) is 65.4 Å². The van der Waals surface area contributed by atoms with E-state index in [2.05, 4.69) is 35.0 Å². The fourth-order valence-electron chi connectivity index (χ4n) is 5.78. The highest BCUT2D eigenvalue weighted by atomic mass is 32.3. The first-order valence-electron chi connectivity index (χ1n) is 17.5. The number of nitrogens with one attached hydrogen (secondary N) is 5. The highest BCUT2D eigenvalue weighted by Crippen LogP contribution is 2.18. The van der Waals surface area contributed by atoms with Crippen LogP contribution in [0.25, 0.3) is 0 Å². The number of fused-ring (bicyclic) bond motifs is 2. The van der Waals surface area contributed by atoms with Crippen molar-refractivity contribution in [2.45, 2.75) is 70.2 Å². The molecule has 4 atom stereocenters. The fraction of sp³-hybridized carbons (Fsp3) is 0.333. The van der Waals surface area contributed by atoms with Crippen molar-refractivity contribution >= 4 is 56.3 Å². The Bertz CT molecular complexity index is 2230. The van der Waals surface area contributed by atoms with Crippen LogP contribution in [0.4, 0.5) is 0 Å². The van der Waals surface area contributed by atoms with Crippen molar-refractivity contribution in [3.05, 3.63) is 95.1 Å². The van der Waals surface area contributed by atoms with Crippen molar-refractivity contribution in [2.75, 3.05) is 0 Å². The molecule has 5 amide bonds. The summed E-state index contributed by atoms with van der Waals surface area (Å²) in [6.45, 7) is 3.34. The van der Waals surface area contributed by atoms with Crippen molar-refractivity contribution in [3.63, 3.8) is 0 Å². The zero-order valence-electron chi connectivity index (χ0n) is 30.9. The second-order valence-corrected chi connectivity index (χ2v) is 15.6. The molecule has 0 aromatic heterocycles. The van der Waals surface area contributed by atoms with Gasteiger partial charge < -0.3 is 40.1 Å². The molecule has 4 rings (SSSR count). The number of carboxylic acid groups (broad SMARTS) is 1. The van der Waals surface area contributed by atoms with E-state index in [9.17, 15) is 50.7 Å². The summed E-state index contributed by atoms with van der Waals surface area (Å²) in [5.41, 5.74) is 1.22. The van der Waals surface area contributed by atoms with Crippen LogP contribution < -0.4 is 35.0 Å². The topological polar surface area (TPSA) is 310 Å². The maximum atomic E-state index is 13.8. The van der Waals surface area contributed by atoms with Crippen molar-refractivity contribution in [1.82, 2.24) is 26.6 Å². The number of hydrogen-bond acceptors (Lipinski definition) is 12. The number of benzene rings is 3. The number of carboxylic acids is 1. The van der Waals surface area contributed by atoms with Gasteiger partial charge in [0.15, 0.2) is 0 Å². The van der Waals surface area contributed by atoms with E-state index in [1.54, 1.807) is 19.9 Å². The fourth-order valence-corrected chi connectivity index (χ4v) is 6.48. The largest absolute Gasteiger partial charge is 0.481 e. The Morgan fingerprint density at radius 3 is 1.64 bits per heavy atom. The third-order valence-corrected chi connectivity index (χ3v) is 9.20. The van der Waals surface area contributed by atoms with Gasteiger partial charge >= 0.3 is 26.8 Å². The quantitative estimate of drug-likeness (QED) is 0.113. The molecule has 22 heteroatoms. The molecule has 1 aliphatic rings.